The smallest absolute Gasteiger partial charge is 0.377 e. The summed E-state index contributed by atoms with van der Waals surface area (Å²) in [6.45, 7) is 1.88. The van der Waals surface area contributed by atoms with Crippen molar-refractivity contribution in [1.82, 2.24) is 14.8 Å². The average molecular weight is 542 g/mol. The number of methoxy groups -OCH3 is 1. The maximum atomic E-state index is 14.2. The second-order valence-corrected chi connectivity index (χ2v) is 9.05. The molecule has 0 saturated carbocycles. The molecule has 3 aromatic rings. The summed E-state index contributed by atoms with van der Waals surface area (Å²) in [6.07, 6.45) is -5.41. The molecule has 1 amide bonds. The first-order chi connectivity index (χ1) is 16.9. The number of hydrogen-bond donors (Lipinski definition) is 1. The van der Waals surface area contributed by atoms with Crippen molar-refractivity contribution in [2.45, 2.75) is 31.7 Å². The van der Waals surface area contributed by atoms with Gasteiger partial charge in [-0.2, -0.15) is 18.2 Å². The van der Waals surface area contributed by atoms with Gasteiger partial charge in [-0.05, 0) is 48.4 Å². The lowest BCUT2D eigenvalue weighted by atomic mass is 9.86. The highest BCUT2D eigenvalue weighted by atomic mass is 35.5. The summed E-state index contributed by atoms with van der Waals surface area (Å²) < 4.78 is 49.2. The average Bonchev–Trinajstić information content (AvgIpc) is 3.38. The molecule has 4 rings (SSSR count). The summed E-state index contributed by atoms with van der Waals surface area (Å²) in [7, 11) is 3.18. The predicted molar refractivity (Wildman–Crippen MR) is 127 cm³/mol. The van der Waals surface area contributed by atoms with Crippen LogP contribution in [0, 0.1) is 6.92 Å². The van der Waals surface area contributed by atoms with Crippen LogP contribution in [0.2, 0.25) is 10.0 Å². The number of halogens is 5. The van der Waals surface area contributed by atoms with Gasteiger partial charge in [0.05, 0.1) is 5.71 Å². The fourth-order valence-corrected chi connectivity index (χ4v) is 4.36. The van der Waals surface area contributed by atoms with Gasteiger partial charge >= 0.3 is 6.18 Å². The Hall–Kier alpha value is -3.15. The van der Waals surface area contributed by atoms with Crippen LogP contribution in [0.5, 0.6) is 0 Å². The number of benzene rings is 2. The zero-order chi connectivity index (χ0) is 26.3. The van der Waals surface area contributed by atoms with Gasteiger partial charge in [0.25, 0.3) is 11.5 Å². The molecule has 1 atom stereocenters. The lowest BCUT2D eigenvalue weighted by Gasteiger charge is -2.29. The molecule has 0 radical (unpaired) electrons. The Bertz CT molecular complexity index is 1340. The van der Waals surface area contributed by atoms with Gasteiger partial charge < -0.3 is 9.57 Å². The Labute approximate surface area is 214 Å². The van der Waals surface area contributed by atoms with E-state index in [1.165, 1.54) is 30.0 Å². The van der Waals surface area contributed by atoms with E-state index < -0.39 is 24.1 Å². The van der Waals surface area contributed by atoms with Crippen molar-refractivity contribution >= 4 is 40.8 Å². The maximum Gasteiger partial charge on any atom is 0.435 e. The van der Waals surface area contributed by atoms with Crippen molar-refractivity contribution in [2.24, 2.45) is 12.2 Å². The molecule has 1 unspecified atom stereocenters. The monoisotopic (exact) mass is 541 g/mol. The standard InChI is InChI=1S/C23H20Cl2F3N5O3/c1-12-6-13(4-5-17(12)20(34)30-21-29-19(11-35-3)33(2)31-21)18-10-22(36-32-18,23(26,27)28)14-7-15(24)9-16(25)8-14/h4-9H,10-11H2,1-3H3,(H,30,31,34). The zero-order valence-electron chi connectivity index (χ0n) is 19.3. The fourth-order valence-electron chi connectivity index (χ4n) is 3.84. The third-order valence-corrected chi connectivity index (χ3v) is 6.11. The molecule has 0 bridgehead atoms. The summed E-state index contributed by atoms with van der Waals surface area (Å²) in [5, 5.41) is 10.6. The van der Waals surface area contributed by atoms with Gasteiger partial charge in [-0.15, -0.1) is 5.10 Å². The third kappa shape index (κ3) is 4.91. The highest BCUT2D eigenvalue weighted by molar-refractivity contribution is 6.34. The largest absolute Gasteiger partial charge is 0.435 e. The number of rotatable bonds is 6. The van der Waals surface area contributed by atoms with Crippen LogP contribution in [-0.2, 0) is 28.8 Å². The first kappa shape index (κ1) is 25.9. The first-order valence-corrected chi connectivity index (χ1v) is 11.3. The number of aryl methyl sites for hydroxylation is 2. The highest BCUT2D eigenvalue weighted by Gasteiger charge is 2.62. The number of oxime groups is 1. The summed E-state index contributed by atoms with van der Waals surface area (Å²) in [5.74, 6) is 0.145. The number of anilines is 1. The van der Waals surface area contributed by atoms with Crippen LogP contribution >= 0.6 is 23.2 Å². The predicted octanol–water partition coefficient (Wildman–Crippen LogP) is 5.41. The van der Waals surface area contributed by atoms with E-state index in [0.717, 1.165) is 12.1 Å². The molecule has 13 heteroatoms. The second-order valence-electron chi connectivity index (χ2n) is 8.18. The number of aromatic nitrogens is 3. The van der Waals surface area contributed by atoms with E-state index in [4.69, 9.17) is 32.8 Å². The molecule has 1 N–H and O–H groups in total. The quantitative estimate of drug-likeness (QED) is 0.450. The Morgan fingerprint density at radius 2 is 1.92 bits per heavy atom. The van der Waals surface area contributed by atoms with E-state index in [1.807, 2.05) is 0 Å². The molecule has 8 nitrogen and oxygen atoms in total. The SMILES string of the molecule is COCc1nc(NC(=O)c2ccc(C3=NOC(c4cc(Cl)cc(Cl)c4)(C(F)(F)F)C3)cc2C)nn1C. The van der Waals surface area contributed by atoms with Gasteiger partial charge in [-0.1, -0.05) is 34.4 Å². The summed E-state index contributed by atoms with van der Waals surface area (Å²) in [5.41, 5.74) is -1.75. The number of carbonyl (C=O) groups is 1. The molecular weight excluding hydrogens is 522 g/mol. The van der Waals surface area contributed by atoms with E-state index in [0.29, 0.717) is 22.5 Å². The molecule has 1 aromatic heterocycles. The van der Waals surface area contributed by atoms with Crippen molar-refractivity contribution in [3.05, 3.63) is 74.5 Å². The normalized spacial score (nSPS) is 17.6. The zero-order valence-corrected chi connectivity index (χ0v) is 20.8. The summed E-state index contributed by atoms with van der Waals surface area (Å²) in [6, 6.07) is 8.20. The number of nitrogens with zero attached hydrogens (tertiary/aromatic N) is 4. The molecule has 2 aromatic carbocycles. The first-order valence-electron chi connectivity index (χ1n) is 10.5. The van der Waals surface area contributed by atoms with Gasteiger partial charge in [0.1, 0.15) is 6.61 Å². The van der Waals surface area contributed by atoms with Gasteiger partial charge in [-0.3, -0.25) is 10.1 Å². The topological polar surface area (TPSA) is 90.6 Å². The molecule has 1 aliphatic rings. The van der Waals surface area contributed by atoms with Crippen molar-refractivity contribution < 1.29 is 27.5 Å². The molecule has 0 spiro atoms. The number of carbonyl (C=O) groups excluding carboxylic acids is 1. The van der Waals surface area contributed by atoms with E-state index in [-0.39, 0.29) is 33.9 Å². The molecule has 36 heavy (non-hydrogen) atoms. The van der Waals surface area contributed by atoms with Crippen LogP contribution in [-0.4, -0.2) is 39.7 Å². The minimum atomic E-state index is -4.81. The van der Waals surface area contributed by atoms with Gasteiger partial charge in [0.2, 0.25) is 5.95 Å². The van der Waals surface area contributed by atoms with Crippen LogP contribution in [0.3, 0.4) is 0 Å². The lowest BCUT2D eigenvalue weighted by Crippen LogP contribution is -2.42. The van der Waals surface area contributed by atoms with E-state index in [1.54, 1.807) is 20.0 Å². The maximum absolute atomic E-state index is 14.2. The lowest BCUT2D eigenvalue weighted by molar-refractivity contribution is -0.275. The van der Waals surface area contributed by atoms with Crippen LogP contribution in [0.4, 0.5) is 19.1 Å². The van der Waals surface area contributed by atoms with Crippen LogP contribution < -0.4 is 5.32 Å². The second kappa shape index (κ2) is 9.72. The molecule has 1 aliphatic heterocycles. The van der Waals surface area contributed by atoms with Gasteiger partial charge in [0.15, 0.2) is 5.82 Å². The van der Waals surface area contributed by atoms with Crippen LogP contribution in [0.15, 0.2) is 41.6 Å². The van der Waals surface area contributed by atoms with Crippen LogP contribution in [0.25, 0.3) is 0 Å². The summed E-state index contributed by atoms with van der Waals surface area (Å²) in [4.78, 5) is 22.0. The van der Waals surface area contributed by atoms with Crippen molar-refractivity contribution in [2.75, 3.05) is 12.4 Å². The molecule has 0 saturated heterocycles. The van der Waals surface area contributed by atoms with E-state index in [9.17, 15) is 18.0 Å². The van der Waals surface area contributed by atoms with Gasteiger partial charge in [-0.25, -0.2) is 4.68 Å². The van der Waals surface area contributed by atoms with Crippen LogP contribution in [0.1, 0.15) is 39.3 Å². The Morgan fingerprint density at radius 1 is 1.22 bits per heavy atom. The third-order valence-electron chi connectivity index (χ3n) is 5.67. The Morgan fingerprint density at radius 3 is 2.53 bits per heavy atom. The molecule has 0 fully saturated rings. The Kier molecular flexibility index (Phi) is 7.00. The van der Waals surface area contributed by atoms with Gasteiger partial charge in [0, 0.05) is 41.8 Å². The van der Waals surface area contributed by atoms with E-state index >= 15 is 0 Å². The van der Waals surface area contributed by atoms with E-state index in [2.05, 4.69) is 20.6 Å². The molecule has 2 heterocycles. The van der Waals surface area contributed by atoms with Crippen molar-refractivity contribution in [3.8, 4) is 0 Å². The molecule has 190 valence electrons. The number of nitrogens with one attached hydrogen (secondary N) is 1. The molecular formula is C23H20Cl2F3N5O3. The Balaban J connectivity index is 1.57. The highest BCUT2D eigenvalue weighted by Crippen LogP contribution is 2.49. The number of ether oxygens (including phenoxy) is 1. The minimum absolute atomic E-state index is 0.0427. The summed E-state index contributed by atoms with van der Waals surface area (Å²) >= 11 is 11.9. The minimum Gasteiger partial charge on any atom is -0.377 e. The number of hydrogen-bond acceptors (Lipinski definition) is 6. The molecule has 0 aliphatic carbocycles. The fraction of sp³-hybridized carbons (Fsp3) is 0.304. The number of amides is 1. The van der Waals surface area contributed by atoms with Crippen molar-refractivity contribution in [1.29, 1.82) is 0 Å². The van der Waals surface area contributed by atoms with Crippen molar-refractivity contribution in [3.63, 3.8) is 0 Å². The number of alkyl halides is 3.